The van der Waals surface area contributed by atoms with Crippen molar-refractivity contribution in [1.82, 2.24) is 0 Å². The number of rotatable bonds is 6. The lowest BCUT2D eigenvalue weighted by molar-refractivity contribution is 1.57. The number of benzene rings is 6. The van der Waals surface area contributed by atoms with E-state index in [1.165, 1.54) is 54.2 Å². The summed E-state index contributed by atoms with van der Waals surface area (Å²) in [4.78, 5) is 0. The fraction of sp³-hybridized carbons (Fsp3) is 0.120. The molecule has 0 unspecified atom stereocenters. The molecule has 0 bridgehead atoms. The quantitative estimate of drug-likeness (QED) is 0.118. The lowest BCUT2D eigenvalue weighted by Crippen LogP contribution is -2.59. The summed E-state index contributed by atoms with van der Waals surface area (Å²) in [6.07, 6.45) is 0. The maximum absolute atomic E-state index is 3.58. The van der Waals surface area contributed by atoms with E-state index in [0.29, 0.717) is 0 Å². The van der Waals surface area contributed by atoms with Crippen LogP contribution in [-0.4, -0.2) is 24.2 Å². The second-order valence-electron chi connectivity index (χ2n) is 15.9. The number of hydrogen-bond acceptors (Lipinski definition) is 0. The van der Waals surface area contributed by atoms with Gasteiger partial charge in [-0.1, -0.05) is 197 Å². The molecule has 0 fully saturated rings. The summed E-state index contributed by atoms with van der Waals surface area (Å²) >= 11 is 0. The van der Waals surface area contributed by atoms with Crippen LogP contribution in [0.1, 0.15) is 33.4 Å². The standard InChI is InChI=1S/C50H46Si3/c1-51(2,3)37-35-39-27-31-43(32-28-39)49-47(41-19-11-7-12-20-41)48(42-21-13-8-14-22-42)50(44-33-29-40(30-34-44)36-38-52(4,5)6)53(49,45-23-15-9-16-24-45)46-25-17-10-18-26-46/h7-34H,1-6H3. The first kappa shape index (κ1) is 36.0. The third-order valence-corrected chi connectivity index (χ3v) is 16.3. The highest BCUT2D eigenvalue weighted by Gasteiger charge is 2.53. The molecule has 1 aliphatic heterocycles. The van der Waals surface area contributed by atoms with Crippen LogP contribution in [0.4, 0.5) is 0 Å². The largest absolute Gasteiger partial charge is 0.182 e. The van der Waals surface area contributed by atoms with Crippen molar-refractivity contribution < 1.29 is 0 Å². The zero-order valence-electron chi connectivity index (χ0n) is 31.7. The predicted molar refractivity (Wildman–Crippen MR) is 238 cm³/mol. The molecule has 0 aliphatic carbocycles. The van der Waals surface area contributed by atoms with Gasteiger partial charge in [-0.3, -0.25) is 0 Å². The van der Waals surface area contributed by atoms with Gasteiger partial charge in [-0.05, 0) is 78.4 Å². The SMILES string of the molecule is C[Si](C)(C)C#Cc1ccc(C2=C(c3ccccc3)C(c3ccccc3)=C(c3ccc(C#C[Si](C)(C)C)cc3)[Si]2(c2ccccc2)c2ccccc2)cc1. The molecular weight excluding hydrogens is 685 g/mol. The van der Waals surface area contributed by atoms with Crippen molar-refractivity contribution in [3.63, 3.8) is 0 Å². The van der Waals surface area contributed by atoms with Gasteiger partial charge in [0.15, 0.2) is 8.07 Å². The monoisotopic (exact) mass is 730 g/mol. The average Bonchev–Trinajstić information content (AvgIpc) is 3.50. The Morgan fingerprint density at radius 2 is 0.642 bits per heavy atom. The maximum Gasteiger partial charge on any atom is 0.182 e. The van der Waals surface area contributed by atoms with Crippen LogP contribution < -0.4 is 10.4 Å². The minimum absolute atomic E-state index is 1.06. The van der Waals surface area contributed by atoms with Crippen LogP contribution in [-0.2, 0) is 0 Å². The van der Waals surface area contributed by atoms with Crippen LogP contribution in [0, 0.1) is 22.9 Å². The fourth-order valence-corrected chi connectivity index (χ4v) is 14.0. The van der Waals surface area contributed by atoms with Crippen molar-refractivity contribution in [3.8, 4) is 22.9 Å². The molecule has 1 heterocycles. The van der Waals surface area contributed by atoms with Crippen LogP contribution >= 0.6 is 0 Å². The Balaban J connectivity index is 1.65. The highest BCUT2D eigenvalue weighted by molar-refractivity contribution is 7.29. The van der Waals surface area contributed by atoms with Gasteiger partial charge in [-0.25, -0.2) is 0 Å². The highest BCUT2D eigenvalue weighted by atomic mass is 28.3. The van der Waals surface area contributed by atoms with Gasteiger partial charge in [0.2, 0.25) is 0 Å². The van der Waals surface area contributed by atoms with Crippen molar-refractivity contribution in [1.29, 1.82) is 0 Å². The summed E-state index contributed by atoms with van der Waals surface area (Å²) < 4.78 is 0. The minimum atomic E-state index is -3.05. The molecule has 6 aromatic rings. The van der Waals surface area contributed by atoms with E-state index in [9.17, 15) is 0 Å². The lowest BCUT2D eigenvalue weighted by Gasteiger charge is -2.36. The Labute approximate surface area is 320 Å². The van der Waals surface area contributed by atoms with Gasteiger partial charge < -0.3 is 0 Å². The zero-order chi connectivity index (χ0) is 37.1. The first-order valence-electron chi connectivity index (χ1n) is 18.5. The molecule has 0 N–H and O–H groups in total. The Morgan fingerprint density at radius 1 is 0.340 bits per heavy atom. The molecule has 0 saturated carbocycles. The van der Waals surface area contributed by atoms with Crippen molar-refractivity contribution in [3.05, 3.63) is 203 Å². The number of hydrogen-bond donors (Lipinski definition) is 0. The molecule has 53 heavy (non-hydrogen) atoms. The molecule has 0 saturated heterocycles. The first-order chi connectivity index (χ1) is 25.5. The van der Waals surface area contributed by atoms with E-state index in [-0.39, 0.29) is 0 Å². The summed E-state index contributed by atoms with van der Waals surface area (Å²) in [5, 5.41) is 5.53. The van der Waals surface area contributed by atoms with Crippen molar-refractivity contribution >= 4 is 56.1 Å². The Kier molecular flexibility index (Phi) is 10.1. The van der Waals surface area contributed by atoms with E-state index in [0.717, 1.165) is 11.1 Å². The summed E-state index contributed by atoms with van der Waals surface area (Å²) in [5.41, 5.74) is 16.8. The molecule has 7 rings (SSSR count). The molecule has 0 nitrogen and oxygen atoms in total. The Morgan fingerprint density at radius 3 is 0.943 bits per heavy atom. The van der Waals surface area contributed by atoms with E-state index in [2.05, 4.69) is 232 Å². The van der Waals surface area contributed by atoms with Gasteiger partial charge in [0, 0.05) is 11.1 Å². The van der Waals surface area contributed by atoms with Gasteiger partial charge >= 0.3 is 0 Å². The summed E-state index contributed by atoms with van der Waals surface area (Å²) in [7, 11) is -6.12. The van der Waals surface area contributed by atoms with Gasteiger partial charge in [-0.2, -0.15) is 0 Å². The first-order valence-corrected chi connectivity index (χ1v) is 27.5. The molecule has 0 atom stereocenters. The van der Waals surface area contributed by atoms with Crippen molar-refractivity contribution in [2.24, 2.45) is 0 Å². The molecule has 1 aliphatic rings. The van der Waals surface area contributed by atoms with E-state index in [4.69, 9.17) is 0 Å². The second kappa shape index (κ2) is 14.9. The fourth-order valence-electron chi connectivity index (χ4n) is 7.34. The normalized spacial score (nSPS) is 13.9. The Bertz CT molecular complexity index is 2230. The molecule has 0 aromatic heterocycles. The van der Waals surface area contributed by atoms with Gasteiger partial charge in [0.05, 0.1) is 0 Å². The lowest BCUT2D eigenvalue weighted by atomic mass is 9.89. The molecule has 6 aromatic carbocycles. The molecule has 258 valence electrons. The maximum atomic E-state index is 3.58. The third-order valence-electron chi connectivity index (χ3n) is 9.55. The summed E-state index contributed by atoms with van der Waals surface area (Å²) in [6, 6.07) is 63.0. The molecule has 0 amide bonds. The van der Waals surface area contributed by atoms with Gasteiger partial charge in [0.25, 0.3) is 0 Å². The van der Waals surface area contributed by atoms with Crippen LogP contribution in [0.2, 0.25) is 39.3 Å². The average molecular weight is 731 g/mol. The van der Waals surface area contributed by atoms with Crippen LogP contribution in [0.5, 0.6) is 0 Å². The van der Waals surface area contributed by atoms with Crippen LogP contribution in [0.15, 0.2) is 170 Å². The molecule has 0 radical (unpaired) electrons. The van der Waals surface area contributed by atoms with Crippen LogP contribution in [0.3, 0.4) is 0 Å². The van der Waals surface area contributed by atoms with Gasteiger partial charge in [0.1, 0.15) is 16.1 Å². The number of allylic oxidation sites excluding steroid dienone is 2. The third kappa shape index (κ3) is 7.57. The van der Waals surface area contributed by atoms with Crippen molar-refractivity contribution in [2.75, 3.05) is 0 Å². The second-order valence-corrected chi connectivity index (χ2v) is 29.0. The topological polar surface area (TPSA) is 0 Å². The summed E-state index contributed by atoms with van der Waals surface area (Å²) in [6.45, 7) is 13.8. The summed E-state index contributed by atoms with van der Waals surface area (Å²) in [5.74, 6) is 7.02. The minimum Gasteiger partial charge on any atom is -0.127 e. The van der Waals surface area contributed by atoms with E-state index < -0.39 is 24.2 Å². The van der Waals surface area contributed by atoms with E-state index in [1.54, 1.807) is 0 Å². The smallest absolute Gasteiger partial charge is 0.127 e. The molecule has 0 spiro atoms. The predicted octanol–water partition coefficient (Wildman–Crippen LogP) is 11.0. The van der Waals surface area contributed by atoms with Crippen LogP contribution in [0.25, 0.3) is 21.5 Å². The van der Waals surface area contributed by atoms with Crippen molar-refractivity contribution in [2.45, 2.75) is 39.3 Å². The van der Waals surface area contributed by atoms with E-state index >= 15 is 0 Å². The van der Waals surface area contributed by atoms with E-state index in [1.807, 2.05) is 0 Å². The van der Waals surface area contributed by atoms with Gasteiger partial charge in [-0.15, -0.1) is 11.1 Å². The Hall–Kier alpha value is -5.43. The highest BCUT2D eigenvalue weighted by Crippen LogP contribution is 2.55. The zero-order valence-corrected chi connectivity index (χ0v) is 34.7. The molecular formula is C50H46Si3. The molecule has 3 heteroatoms.